The van der Waals surface area contributed by atoms with E-state index >= 15 is 0 Å². The minimum Gasteiger partial charge on any atom is -0.496 e. The fourth-order valence-corrected chi connectivity index (χ4v) is 1.16. The highest BCUT2D eigenvalue weighted by Gasteiger charge is 2.03. The summed E-state index contributed by atoms with van der Waals surface area (Å²) in [4.78, 5) is 10.7. The Balaban J connectivity index is 2.82. The highest BCUT2D eigenvalue weighted by atomic mass is 16.5. The number of carbonyl (C=O) groups excluding carboxylic acids is 1. The Kier molecular flexibility index (Phi) is 3.34. The average Bonchev–Trinajstić information content (AvgIpc) is 2.15. The summed E-state index contributed by atoms with van der Waals surface area (Å²) < 4.78 is 5.13. The highest BCUT2D eigenvalue weighted by molar-refractivity contribution is 5.73. The van der Waals surface area contributed by atoms with Gasteiger partial charge in [0.2, 0.25) is 5.91 Å². The fraction of sp³-hybridized carbons (Fsp3) is 0.300. The lowest BCUT2D eigenvalue weighted by molar-refractivity contribution is -0.119. The number of hydrogen-bond donors (Lipinski definition) is 2. The summed E-state index contributed by atoms with van der Waals surface area (Å²) in [5.41, 5.74) is 7.16. The molecule has 1 rings (SSSR count). The third-order valence-corrected chi connectivity index (χ3v) is 1.83. The van der Waals surface area contributed by atoms with Gasteiger partial charge in [-0.15, -0.1) is 0 Å². The standard InChI is InChI=1S/C10H14N2O2/c1-7(13)12-6-8-5-9(11)3-4-10(8)14-2/h3-5H,6,11H2,1-2H3,(H,12,13). The molecule has 0 fully saturated rings. The lowest BCUT2D eigenvalue weighted by atomic mass is 10.2. The van der Waals surface area contributed by atoms with Crippen LogP contribution in [0.25, 0.3) is 0 Å². The molecule has 76 valence electrons. The molecule has 0 saturated heterocycles. The Labute approximate surface area is 83.1 Å². The second-order valence-corrected chi connectivity index (χ2v) is 2.98. The molecule has 0 atom stereocenters. The molecule has 14 heavy (non-hydrogen) atoms. The van der Waals surface area contributed by atoms with Gasteiger partial charge in [-0.3, -0.25) is 4.79 Å². The molecule has 1 aromatic rings. The van der Waals surface area contributed by atoms with E-state index in [1.165, 1.54) is 6.92 Å². The second kappa shape index (κ2) is 4.50. The number of benzene rings is 1. The van der Waals surface area contributed by atoms with Gasteiger partial charge in [0.05, 0.1) is 7.11 Å². The lowest BCUT2D eigenvalue weighted by Gasteiger charge is -2.09. The molecule has 0 radical (unpaired) electrons. The van der Waals surface area contributed by atoms with Crippen molar-refractivity contribution in [3.63, 3.8) is 0 Å². The van der Waals surface area contributed by atoms with Crippen molar-refractivity contribution in [3.05, 3.63) is 23.8 Å². The molecule has 1 aromatic carbocycles. The molecule has 0 heterocycles. The first kappa shape index (κ1) is 10.4. The van der Waals surface area contributed by atoms with E-state index in [0.717, 1.165) is 11.3 Å². The topological polar surface area (TPSA) is 64.3 Å². The predicted octanol–water partition coefficient (Wildman–Crippen LogP) is 0.913. The molecule has 0 aromatic heterocycles. The first-order valence-corrected chi connectivity index (χ1v) is 4.30. The van der Waals surface area contributed by atoms with Crippen LogP contribution in [0.4, 0.5) is 5.69 Å². The van der Waals surface area contributed by atoms with Gasteiger partial charge in [-0.1, -0.05) is 0 Å². The highest BCUT2D eigenvalue weighted by Crippen LogP contribution is 2.20. The van der Waals surface area contributed by atoms with Crippen LogP contribution in [0.15, 0.2) is 18.2 Å². The van der Waals surface area contributed by atoms with Gasteiger partial charge in [-0.25, -0.2) is 0 Å². The average molecular weight is 194 g/mol. The van der Waals surface area contributed by atoms with Gasteiger partial charge in [0.1, 0.15) is 5.75 Å². The van der Waals surface area contributed by atoms with E-state index in [1.54, 1.807) is 25.3 Å². The van der Waals surface area contributed by atoms with Gasteiger partial charge >= 0.3 is 0 Å². The summed E-state index contributed by atoms with van der Waals surface area (Å²) in [5.74, 6) is 0.655. The zero-order valence-electron chi connectivity index (χ0n) is 8.33. The van der Waals surface area contributed by atoms with Gasteiger partial charge in [-0.05, 0) is 18.2 Å². The van der Waals surface area contributed by atoms with Crippen molar-refractivity contribution in [2.75, 3.05) is 12.8 Å². The van der Waals surface area contributed by atoms with Crippen LogP contribution in [-0.2, 0) is 11.3 Å². The molecule has 1 amide bonds. The Hall–Kier alpha value is -1.71. The van der Waals surface area contributed by atoms with Crippen molar-refractivity contribution >= 4 is 11.6 Å². The largest absolute Gasteiger partial charge is 0.496 e. The second-order valence-electron chi connectivity index (χ2n) is 2.98. The number of carbonyl (C=O) groups is 1. The number of nitrogen functional groups attached to an aromatic ring is 1. The van der Waals surface area contributed by atoms with Gasteiger partial charge in [0, 0.05) is 24.7 Å². The van der Waals surface area contributed by atoms with E-state index in [4.69, 9.17) is 10.5 Å². The van der Waals surface area contributed by atoms with Crippen molar-refractivity contribution in [2.24, 2.45) is 0 Å². The van der Waals surface area contributed by atoms with Crippen molar-refractivity contribution in [2.45, 2.75) is 13.5 Å². The van der Waals surface area contributed by atoms with Crippen LogP contribution in [0.3, 0.4) is 0 Å². The molecule has 4 heteroatoms. The number of hydrogen-bond acceptors (Lipinski definition) is 3. The molecule has 0 aliphatic carbocycles. The zero-order valence-corrected chi connectivity index (χ0v) is 8.33. The van der Waals surface area contributed by atoms with Crippen LogP contribution in [0.1, 0.15) is 12.5 Å². The van der Waals surface area contributed by atoms with Crippen molar-refractivity contribution in [3.8, 4) is 5.75 Å². The van der Waals surface area contributed by atoms with Crippen LogP contribution >= 0.6 is 0 Å². The van der Waals surface area contributed by atoms with Gasteiger partial charge in [-0.2, -0.15) is 0 Å². The van der Waals surface area contributed by atoms with E-state index in [-0.39, 0.29) is 5.91 Å². The van der Waals surface area contributed by atoms with Crippen molar-refractivity contribution < 1.29 is 9.53 Å². The Morgan fingerprint density at radius 3 is 2.86 bits per heavy atom. The lowest BCUT2D eigenvalue weighted by Crippen LogP contribution is -2.19. The number of nitrogens with two attached hydrogens (primary N) is 1. The molecule has 0 bridgehead atoms. The van der Waals surface area contributed by atoms with E-state index in [9.17, 15) is 4.79 Å². The first-order chi connectivity index (χ1) is 6.63. The summed E-state index contributed by atoms with van der Waals surface area (Å²) in [5, 5.41) is 2.69. The summed E-state index contributed by atoms with van der Waals surface area (Å²) >= 11 is 0. The number of methoxy groups -OCH3 is 1. The number of anilines is 1. The number of amides is 1. The Morgan fingerprint density at radius 1 is 1.57 bits per heavy atom. The van der Waals surface area contributed by atoms with Crippen LogP contribution in [-0.4, -0.2) is 13.0 Å². The van der Waals surface area contributed by atoms with Crippen LogP contribution in [0.5, 0.6) is 5.75 Å². The first-order valence-electron chi connectivity index (χ1n) is 4.30. The Bertz CT molecular complexity index is 337. The normalized spacial score (nSPS) is 9.57. The number of ether oxygens (including phenoxy) is 1. The third-order valence-electron chi connectivity index (χ3n) is 1.83. The van der Waals surface area contributed by atoms with Crippen LogP contribution < -0.4 is 15.8 Å². The molecule has 0 aliphatic heterocycles. The molecule has 3 N–H and O–H groups in total. The molecular weight excluding hydrogens is 180 g/mol. The molecule has 0 spiro atoms. The minimum absolute atomic E-state index is 0.0746. The van der Waals surface area contributed by atoms with Gasteiger partial charge in [0.25, 0.3) is 0 Å². The molecule has 0 aliphatic rings. The SMILES string of the molecule is COc1ccc(N)cc1CNC(C)=O. The molecule has 4 nitrogen and oxygen atoms in total. The summed E-state index contributed by atoms with van der Waals surface area (Å²) in [6.45, 7) is 1.91. The van der Waals surface area contributed by atoms with E-state index < -0.39 is 0 Å². The van der Waals surface area contributed by atoms with E-state index in [0.29, 0.717) is 12.2 Å². The van der Waals surface area contributed by atoms with Gasteiger partial charge in [0.15, 0.2) is 0 Å². The maximum atomic E-state index is 10.7. The molecular formula is C10H14N2O2. The van der Waals surface area contributed by atoms with Crippen LogP contribution in [0, 0.1) is 0 Å². The van der Waals surface area contributed by atoms with E-state index in [1.807, 2.05) is 0 Å². The number of rotatable bonds is 3. The summed E-state index contributed by atoms with van der Waals surface area (Å²) in [6.07, 6.45) is 0. The van der Waals surface area contributed by atoms with Crippen LogP contribution in [0.2, 0.25) is 0 Å². The van der Waals surface area contributed by atoms with Crippen molar-refractivity contribution in [1.82, 2.24) is 5.32 Å². The maximum absolute atomic E-state index is 10.7. The third kappa shape index (κ3) is 2.65. The fourth-order valence-electron chi connectivity index (χ4n) is 1.16. The molecule has 0 unspecified atom stereocenters. The summed E-state index contributed by atoms with van der Waals surface area (Å²) in [6, 6.07) is 5.33. The minimum atomic E-state index is -0.0746. The zero-order chi connectivity index (χ0) is 10.6. The maximum Gasteiger partial charge on any atom is 0.217 e. The monoisotopic (exact) mass is 194 g/mol. The van der Waals surface area contributed by atoms with Crippen molar-refractivity contribution in [1.29, 1.82) is 0 Å². The van der Waals surface area contributed by atoms with E-state index in [2.05, 4.69) is 5.32 Å². The summed E-state index contributed by atoms with van der Waals surface area (Å²) in [7, 11) is 1.59. The molecule has 0 saturated carbocycles. The quantitative estimate of drug-likeness (QED) is 0.703. The van der Waals surface area contributed by atoms with Gasteiger partial charge < -0.3 is 15.8 Å². The number of nitrogens with one attached hydrogen (secondary N) is 1. The Morgan fingerprint density at radius 2 is 2.29 bits per heavy atom. The predicted molar refractivity (Wildman–Crippen MR) is 54.9 cm³/mol. The smallest absolute Gasteiger partial charge is 0.217 e.